The summed E-state index contributed by atoms with van der Waals surface area (Å²) in [6, 6.07) is 21.1. The van der Waals surface area contributed by atoms with Gasteiger partial charge >= 0.3 is 0 Å². The molecule has 1 aliphatic heterocycles. The molecule has 25 heavy (non-hydrogen) atoms. The van der Waals surface area contributed by atoms with Crippen LogP contribution in [0, 0.1) is 6.92 Å². The molecule has 0 unspecified atom stereocenters. The van der Waals surface area contributed by atoms with Crippen molar-refractivity contribution in [1.29, 1.82) is 0 Å². The van der Waals surface area contributed by atoms with E-state index in [1.807, 2.05) is 35.7 Å². The van der Waals surface area contributed by atoms with Gasteiger partial charge in [-0.05, 0) is 49.0 Å². The lowest BCUT2D eigenvalue weighted by molar-refractivity contribution is 0.315. The standard InChI is InChI=1S/C20H19N3S2/c1-14-10-11-17(25-14)19-18(16-9-5-6-12-21-16)22-20(24)23(19)13-15-7-3-2-4-8-15/h2-12,18-19H,13H2,1H3,(H,22,24)/t18-,19+/m0/s1. The first-order valence-electron chi connectivity index (χ1n) is 8.31. The van der Waals surface area contributed by atoms with Crippen LogP contribution in [0.1, 0.15) is 33.1 Å². The largest absolute Gasteiger partial charge is 0.352 e. The summed E-state index contributed by atoms with van der Waals surface area (Å²) in [5.41, 5.74) is 2.28. The highest BCUT2D eigenvalue weighted by atomic mass is 32.1. The molecule has 1 aromatic carbocycles. The third kappa shape index (κ3) is 3.30. The van der Waals surface area contributed by atoms with E-state index in [1.165, 1.54) is 15.3 Å². The number of thiophene rings is 1. The van der Waals surface area contributed by atoms with Gasteiger partial charge in [-0.15, -0.1) is 11.3 Å². The Kier molecular flexibility index (Phi) is 4.51. The average Bonchev–Trinajstić information content (AvgIpc) is 3.20. The van der Waals surface area contributed by atoms with Gasteiger partial charge in [0.15, 0.2) is 5.11 Å². The molecule has 2 atom stereocenters. The third-order valence-corrected chi connectivity index (χ3v) is 5.87. The first kappa shape index (κ1) is 16.2. The van der Waals surface area contributed by atoms with Crippen molar-refractivity contribution in [3.8, 4) is 0 Å². The zero-order chi connectivity index (χ0) is 17.2. The summed E-state index contributed by atoms with van der Waals surface area (Å²) in [7, 11) is 0. The lowest BCUT2D eigenvalue weighted by atomic mass is 10.0. The van der Waals surface area contributed by atoms with Crippen LogP contribution < -0.4 is 5.32 Å². The van der Waals surface area contributed by atoms with Crippen molar-refractivity contribution in [2.75, 3.05) is 0 Å². The molecule has 2 aromatic heterocycles. The maximum absolute atomic E-state index is 5.69. The lowest BCUT2D eigenvalue weighted by Gasteiger charge is -2.27. The van der Waals surface area contributed by atoms with Gasteiger partial charge in [-0.3, -0.25) is 4.98 Å². The molecular formula is C20H19N3S2. The maximum atomic E-state index is 5.69. The molecule has 4 rings (SSSR count). The van der Waals surface area contributed by atoms with Crippen molar-refractivity contribution in [3.63, 3.8) is 0 Å². The molecule has 1 aliphatic rings. The first-order valence-corrected chi connectivity index (χ1v) is 9.53. The molecule has 3 nitrogen and oxygen atoms in total. The minimum Gasteiger partial charge on any atom is -0.352 e. The summed E-state index contributed by atoms with van der Waals surface area (Å²) in [4.78, 5) is 9.49. The van der Waals surface area contributed by atoms with Crippen LogP contribution in [0.4, 0.5) is 0 Å². The van der Waals surface area contributed by atoms with E-state index >= 15 is 0 Å². The third-order valence-electron chi connectivity index (χ3n) is 4.45. The highest BCUT2D eigenvalue weighted by Crippen LogP contribution is 2.41. The van der Waals surface area contributed by atoms with Crippen molar-refractivity contribution in [3.05, 3.63) is 87.9 Å². The predicted octanol–water partition coefficient (Wildman–Crippen LogP) is 4.62. The fraction of sp³-hybridized carbons (Fsp3) is 0.200. The van der Waals surface area contributed by atoms with Crippen LogP contribution in [-0.2, 0) is 6.54 Å². The van der Waals surface area contributed by atoms with Gasteiger partial charge < -0.3 is 10.2 Å². The Labute approximate surface area is 157 Å². The van der Waals surface area contributed by atoms with Gasteiger partial charge in [0.2, 0.25) is 0 Å². The minimum absolute atomic E-state index is 0.0652. The smallest absolute Gasteiger partial charge is 0.170 e. The SMILES string of the molecule is Cc1ccc([C@@H]2[C@H](c3ccccn3)NC(=S)N2Cc2ccccc2)s1. The number of aromatic nitrogens is 1. The second-order valence-corrected chi connectivity index (χ2v) is 7.89. The Balaban J connectivity index is 1.72. The topological polar surface area (TPSA) is 28.2 Å². The average molecular weight is 366 g/mol. The van der Waals surface area contributed by atoms with Gasteiger partial charge in [-0.2, -0.15) is 0 Å². The number of hydrogen-bond donors (Lipinski definition) is 1. The van der Waals surface area contributed by atoms with E-state index in [0.717, 1.165) is 17.4 Å². The summed E-state index contributed by atoms with van der Waals surface area (Å²) >= 11 is 7.52. The van der Waals surface area contributed by atoms with Crippen LogP contribution in [-0.4, -0.2) is 15.0 Å². The Hall–Kier alpha value is -2.24. The van der Waals surface area contributed by atoms with Crippen LogP contribution in [0.2, 0.25) is 0 Å². The molecule has 3 heterocycles. The summed E-state index contributed by atoms with van der Waals surface area (Å²) < 4.78 is 0. The fourth-order valence-electron chi connectivity index (χ4n) is 3.28. The Morgan fingerprint density at radius 2 is 1.88 bits per heavy atom. The molecule has 3 aromatic rings. The first-order chi connectivity index (χ1) is 12.2. The number of thiocarbonyl (C=S) groups is 1. The highest BCUT2D eigenvalue weighted by molar-refractivity contribution is 7.80. The number of rotatable bonds is 4. The van der Waals surface area contributed by atoms with Gasteiger partial charge in [0.25, 0.3) is 0 Å². The van der Waals surface area contributed by atoms with Crippen molar-refractivity contribution in [1.82, 2.24) is 15.2 Å². The van der Waals surface area contributed by atoms with Gasteiger partial charge in [0.05, 0.1) is 17.8 Å². The Morgan fingerprint density at radius 1 is 1.08 bits per heavy atom. The van der Waals surface area contributed by atoms with Crippen molar-refractivity contribution < 1.29 is 0 Å². The quantitative estimate of drug-likeness (QED) is 0.683. The zero-order valence-electron chi connectivity index (χ0n) is 13.9. The molecule has 0 radical (unpaired) electrons. The Bertz CT molecular complexity index is 861. The number of aryl methyl sites for hydroxylation is 1. The van der Waals surface area contributed by atoms with Gasteiger partial charge in [-0.1, -0.05) is 36.4 Å². The number of nitrogens with zero attached hydrogens (tertiary/aromatic N) is 2. The molecule has 0 amide bonds. The molecule has 0 saturated carbocycles. The van der Waals surface area contributed by atoms with Gasteiger partial charge in [0.1, 0.15) is 0 Å². The molecule has 1 N–H and O–H groups in total. The molecule has 0 bridgehead atoms. The van der Waals surface area contributed by atoms with Crippen LogP contribution in [0.5, 0.6) is 0 Å². The van der Waals surface area contributed by atoms with Gasteiger partial charge in [-0.25, -0.2) is 0 Å². The van der Waals surface area contributed by atoms with Crippen LogP contribution in [0.15, 0.2) is 66.9 Å². The van der Waals surface area contributed by atoms with E-state index in [0.29, 0.717) is 0 Å². The van der Waals surface area contributed by atoms with Crippen molar-refractivity contribution in [2.45, 2.75) is 25.6 Å². The zero-order valence-corrected chi connectivity index (χ0v) is 15.6. The number of pyridine rings is 1. The van der Waals surface area contributed by atoms with E-state index in [9.17, 15) is 0 Å². The molecule has 1 saturated heterocycles. The molecule has 0 spiro atoms. The predicted molar refractivity (Wildman–Crippen MR) is 106 cm³/mol. The van der Waals surface area contributed by atoms with Crippen molar-refractivity contribution >= 4 is 28.7 Å². The summed E-state index contributed by atoms with van der Waals surface area (Å²) in [6.45, 7) is 2.93. The minimum atomic E-state index is 0.0652. The normalized spacial score (nSPS) is 19.9. The monoisotopic (exact) mass is 365 g/mol. The van der Waals surface area contributed by atoms with E-state index in [1.54, 1.807) is 0 Å². The fourth-order valence-corrected chi connectivity index (χ4v) is 4.61. The molecule has 126 valence electrons. The molecule has 1 fully saturated rings. The second-order valence-electron chi connectivity index (χ2n) is 6.19. The molecule has 0 aliphatic carbocycles. The second kappa shape index (κ2) is 6.94. The van der Waals surface area contributed by atoms with Crippen LogP contribution in [0.3, 0.4) is 0 Å². The number of hydrogen-bond acceptors (Lipinski definition) is 3. The number of benzene rings is 1. The highest BCUT2D eigenvalue weighted by Gasteiger charge is 2.40. The van der Waals surface area contributed by atoms with E-state index in [2.05, 4.69) is 64.6 Å². The van der Waals surface area contributed by atoms with E-state index in [-0.39, 0.29) is 12.1 Å². The molecular weight excluding hydrogens is 346 g/mol. The van der Waals surface area contributed by atoms with Crippen LogP contribution in [0.25, 0.3) is 0 Å². The summed E-state index contributed by atoms with van der Waals surface area (Å²) in [5.74, 6) is 0. The maximum Gasteiger partial charge on any atom is 0.170 e. The molecule has 5 heteroatoms. The Morgan fingerprint density at radius 3 is 2.56 bits per heavy atom. The summed E-state index contributed by atoms with van der Waals surface area (Å²) in [5, 5.41) is 4.29. The van der Waals surface area contributed by atoms with Gasteiger partial charge in [0, 0.05) is 22.5 Å². The lowest BCUT2D eigenvalue weighted by Crippen LogP contribution is -2.28. The summed E-state index contributed by atoms with van der Waals surface area (Å²) in [6.07, 6.45) is 1.84. The van der Waals surface area contributed by atoms with E-state index < -0.39 is 0 Å². The van der Waals surface area contributed by atoms with E-state index in [4.69, 9.17) is 12.2 Å². The van der Waals surface area contributed by atoms with Crippen molar-refractivity contribution in [2.24, 2.45) is 0 Å². The van der Waals surface area contributed by atoms with Crippen LogP contribution >= 0.6 is 23.6 Å². The number of nitrogens with one attached hydrogen (secondary N) is 1.